The maximum atomic E-state index is 13.4. The highest BCUT2D eigenvalue weighted by atomic mass is 32.2. The Morgan fingerprint density at radius 3 is 2.39 bits per heavy atom. The standard InChI is InChI=1S/C23H25N3O3S2/c1-16-7-5-6-8-17(16)15-21-22(27)26(19-9-3-2-4-10-19)23(30-21)25-18-11-13-20(14-12-18)31(24,28)29/h5-8,11-15,19H,2-4,9-10H2,1H3,(H2,24,28,29). The lowest BCUT2D eigenvalue weighted by molar-refractivity contribution is -0.124. The van der Waals surface area contributed by atoms with Crippen molar-refractivity contribution in [1.82, 2.24) is 4.90 Å². The van der Waals surface area contributed by atoms with Gasteiger partial charge in [-0.3, -0.25) is 9.69 Å². The Hall–Kier alpha value is -2.42. The summed E-state index contributed by atoms with van der Waals surface area (Å²) in [5.74, 6) is -0.0138. The number of primary sulfonamides is 1. The molecule has 0 bridgehead atoms. The Labute approximate surface area is 187 Å². The molecule has 1 aliphatic carbocycles. The van der Waals surface area contributed by atoms with E-state index in [1.54, 1.807) is 12.1 Å². The topological polar surface area (TPSA) is 92.8 Å². The molecule has 6 nitrogen and oxygen atoms in total. The van der Waals surface area contributed by atoms with Gasteiger partial charge in [-0.1, -0.05) is 43.5 Å². The molecule has 2 fully saturated rings. The Morgan fingerprint density at radius 1 is 1.06 bits per heavy atom. The van der Waals surface area contributed by atoms with Crippen LogP contribution in [0.25, 0.3) is 6.08 Å². The molecule has 4 rings (SSSR count). The predicted octanol–water partition coefficient (Wildman–Crippen LogP) is 4.58. The normalized spacial score (nSPS) is 20.7. The van der Waals surface area contributed by atoms with E-state index in [-0.39, 0.29) is 16.8 Å². The number of carbonyl (C=O) groups excluding carboxylic acids is 1. The summed E-state index contributed by atoms with van der Waals surface area (Å²) in [6, 6.07) is 14.2. The molecule has 2 N–H and O–H groups in total. The number of aliphatic imine (C=N–C) groups is 1. The number of sulfonamides is 1. The van der Waals surface area contributed by atoms with Gasteiger partial charge in [-0.25, -0.2) is 18.5 Å². The van der Waals surface area contributed by atoms with Crippen molar-refractivity contribution in [2.45, 2.75) is 50.0 Å². The van der Waals surface area contributed by atoms with E-state index in [9.17, 15) is 13.2 Å². The largest absolute Gasteiger partial charge is 0.283 e. The Morgan fingerprint density at radius 2 is 1.74 bits per heavy atom. The van der Waals surface area contributed by atoms with Crippen LogP contribution in [-0.2, 0) is 14.8 Å². The molecular weight excluding hydrogens is 430 g/mol. The highest BCUT2D eigenvalue weighted by Crippen LogP contribution is 2.38. The summed E-state index contributed by atoms with van der Waals surface area (Å²) in [5, 5.41) is 5.82. The van der Waals surface area contributed by atoms with E-state index in [0.29, 0.717) is 15.8 Å². The van der Waals surface area contributed by atoms with Crippen molar-refractivity contribution >= 4 is 44.6 Å². The van der Waals surface area contributed by atoms with Crippen LogP contribution in [0, 0.1) is 6.92 Å². The van der Waals surface area contributed by atoms with E-state index in [1.165, 1.54) is 30.3 Å². The minimum Gasteiger partial charge on any atom is -0.283 e. The highest BCUT2D eigenvalue weighted by Gasteiger charge is 2.38. The minimum atomic E-state index is -3.76. The molecule has 1 aliphatic heterocycles. The lowest BCUT2D eigenvalue weighted by Gasteiger charge is -2.30. The van der Waals surface area contributed by atoms with Gasteiger partial charge in [0.05, 0.1) is 15.5 Å². The van der Waals surface area contributed by atoms with Crippen LogP contribution >= 0.6 is 11.8 Å². The summed E-state index contributed by atoms with van der Waals surface area (Å²) in [7, 11) is -3.76. The van der Waals surface area contributed by atoms with Crippen molar-refractivity contribution in [2.75, 3.05) is 0 Å². The zero-order valence-corrected chi connectivity index (χ0v) is 19.0. The number of rotatable bonds is 4. The third kappa shape index (κ3) is 4.92. The van der Waals surface area contributed by atoms with Crippen LogP contribution in [0.5, 0.6) is 0 Å². The second-order valence-corrected chi connectivity index (χ2v) is 10.4. The van der Waals surface area contributed by atoms with Crippen molar-refractivity contribution < 1.29 is 13.2 Å². The summed E-state index contributed by atoms with van der Waals surface area (Å²) in [5.41, 5.74) is 2.71. The molecule has 1 saturated heterocycles. The van der Waals surface area contributed by atoms with Crippen LogP contribution in [0.3, 0.4) is 0 Å². The maximum Gasteiger partial charge on any atom is 0.267 e. The van der Waals surface area contributed by atoms with E-state index >= 15 is 0 Å². The smallest absolute Gasteiger partial charge is 0.267 e. The molecule has 0 spiro atoms. The number of benzene rings is 2. The van der Waals surface area contributed by atoms with Crippen LogP contribution in [0.2, 0.25) is 0 Å². The van der Waals surface area contributed by atoms with Gasteiger partial charge < -0.3 is 0 Å². The van der Waals surface area contributed by atoms with Gasteiger partial charge in [-0.15, -0.1) is 0 Å². The third-order valence-electron chi connectivity index (χ3n) is 5.64. The molecule has 162 valence electrons. The lowest BCUT2D eigenvalue weighted by atomic mass is 9.94. The van der Waals surface area contributed by atoms with Crippen molar-refractivity contribution in [1.29, 1.82) is 0 Å². The Bertz CT molecular complexity index is 1150. The quantitative estimate of drug-likeness (QED) is 0.683. The number of thioether (sulfide) groups is 1. The maximum absolute atomic E-state index is 13.4. The molecule has 0 atom stereocenters. The fraction of sp³-hybridized carbons (Fsp3) is 0.304. The SMILES string of the molecule is Cc1ccccc1C=C1SC(=Nc2ccc(S(N)(=O)=O)cc2)N(C2CCCCC2)C1=O. The van der Waals surface area contributed by atoms with Gasteiger partial charge in [-0.05, 0) is 73.0 Å². The zero-order valence-electron chi connectivity index (χ0n) is 17.3. The van der Waals surface area contributed by atoms with Crippen LogP contribution in [-0.4, -0.2) is 30.4 Å². The predicted molar refractivity (Wildman–Crippen MR) is 125 cm³/mol. The van der Waals surface area contributed by atoms with E-state index in [2.05, 4.69) is 0 Å². The number of hydrogen-bond donors (Lipinski definition) is 1. The first kappa shape index (κ1) is 21.8. The fourth-order valence-corrected chi connectivity index (χ4v) is 5.50. The van der Waals surface area contributed by atoms with Gasteiger partial charge >= 0.3 is 0 Å². The number of amidine groups is 1. The first-order valence-electron chi connectivity index (χ1n) is 10.3. The lowest BCUT2D eigenvalue weighted by Crippen LogP contribution is -2.40. The van der Waals surface area contributed by atoms with E-state index in [4.69, 9.17) is 10.1 Å². The molecule has 8 heteroatoms. The molecule has 0 radical (unpaired) electrons. The third-order valence-corrected chi connectivity index (χ3v) is 7.55. The number of carbonyl (C=O) groups is 1. The monoisotopic (exact) mass is 455 g/mol. The molecule has 2 aromatic rings. The van der Waals surface area contributed by atoms with Crippen molar-refractivity contribution in [3.8, 4) is 0 Å². The van der Waals surface area contributed by atoms with Gasteiger partial charge in [0.1, 0.15) is 0 Å². The molecule has 1 saturated carbocycles. The van der Waals surface area contributed by atoms with Gasteiger partial charge in [0, 0.05) is 6.04 Å². The van der Waals surface area contributed by atoms with E-state index in [0.717, 1.165) is 36.8 Å². The van der Waals surface area contributed by atoms with Crippen LogP contribution in [0.15, 0.2) is 63.3 Å². The minimum absolute atomic E-state index is 0.0138. The first-order chi connectivity index (χ1) is 14.8. The fourth-order valence-electron chi connectivity index (χ4n) is 3.94. The molecule has 1 heterocycles. The van der Waals surface area contributed by atoms with Crippen molar-refractivity contribution in [2.24, 2.45) is 10.1 Å². The molecule has 2 aliphatic rings. The van der Waals surface area contributed by atoms with Gasteiger partial charge in [-0.2, -0.15) is 0 Å². The Balaban J connectivity index is 1.70. The molecular formula is C23H25N3O3S2. The van der Waals surface area contributed by atoms with Crippen LogP contribution in [0.4, 0.5) is 5.69 Å². The first-order valence-corrected chi connectivity index (χ1v) is 12.7. The molecule has 1 amide bonds. The highest BCUT2D eigenvalue weighted by molar-refractivity contribution is 8.18. The summed E-state index contributed by atoms with van der Waals surface area (Å²) >= 11 is 1.37. The van der Waals surface area contributed by atoms with Gasteiger partial charge in [0.2, 0.25) is 10.0 Å². The van der Waals surface area contributed by atoms with Crippen LogP contribution < -0.4 is 5.14 Å². The van der Waals surface area contributed by atoms with Crippen molar-refractivity contribution in [3.63, 3.8) is 0 Å². The van der Waals surface area contributed by atoms with Crippen LogP contribution in [0.1, 0.15) is 43.2 Å². The molecule has 0 aromatic heterocycles. The van der Waals surface area contributed by atoms with Gasteiger partial charge in [0.25, 0.3) is 5.91 Å². The average Bonchev–Trinajstić information content (AvgIpc) is 3.05. The van der Waals surface area contributed by atoms with E-state index < -0.39 is 10.0 Å². The number of amides is 1. The number of nitrogens with two attached hydrogens (primary N) is 1. The summed E-state index contributed by atoms with van der Waals surface area (Å²) < 4.78 is 23.0. The summed E-state index contributed by atoms with van der Waals surface area (Å²) in [4.78, 5) is 20.6. The summed E-state index contributed by atoms with van der Waals surface area (Å²) in [6.45, 7) is 2.03. The van der Waals surface area contributed by atoms with E-state index in [1.807, 2.05) is 42.2 Å². The Kier molecular flexibility index (Phi) is 6.31. The molecule has 31 heavy (non-hydrogen) atoms. The van der Waals surface area contributed by atoms with Crippen molar-refractivity contribution in [3.05, 3.63) is 64.6 Å². The average molecular weight is 456 g/mol. The molecule has 0 unspecified atom stereocenters. The number of nitrogens with zero attached hydrogens (tertiary/aromatic N) is 2. The second-order valence-electron chi connectivity index (χ2n) is 7.87. The summed E-state index contributed by atoms with van der Waals surface area (Å²) in [6.07, 6.45) is 7.27. The zero-order chi connectivity index (χ0) is 22.0. The second kappa shape index (κ2) is 8.98. The number of aryl methyl sites for hydroxylation is 1. The van der Waals surface area contributed by atoms with Gasteiger partial charge in [0.15, 0.2) is 5.17 Å². The molecule has 2 aromatic carbocycles. The number of hydrogen-bond acceptors (Lipinski definition) is 5.